The molecule has 0 unspecified atom stereocenters. The fourth-order valence-corrected chi connectivity index (χ4v) is 1.10. The average molecular weight is 254 g/mol. The van der Waals surface area contributed by atoms with Gasteiger partial charge in [0, 0.05) is 5.02 Å². The van der Waals surface area contributed by atoms with Gasteiger partial charge in [-0.2, -0.15) is 15.3 Å². The van der Waals surface area contributed by atoms with Gasteiger partial charge in [0.25, 0.3) is 0 Å². The predicted octanol–water partition coefficient (Wildman–Crippen LogP) is 1.74. The van der Waals surface area contributed by atoms with E-state index in [0.29, 0.717) is 10.7 Å². The van der Waals surface area contributed by atoms with Crippen molar-refractivity contribution < 1.29 is 14.6 Å². The van der Waals surface area contributed by atoms with E-state index in [1.807, 2.05) is 0 Å². The number of nitrogens with one attached hydrogen (secondary N) is 1. The lowest BCUT2D eigenvalue weighted by molar-refractivity contribution is -0.247. The second-order valence-corrected chi connectivity index (χ2v) is 3.17. The molecule has 0 aromatic heterocycles. The van der Waals surface area contributed by atoms with Crippen LogP contribution in [0.25, 0.3) is 0 Å². The van der Waals surface area contributed by atoms with Gasteiger partial charge in [0.2, 0.25) is 5.71 Å². The van der Waals surface area contributed by atoms with Crippen molar-refractivity contribution in [2.24, 2.45) is 5.10 Å². The first kappa shape index (κ1) is 13.0. The van der Waals surface area contributed by atoms with Gasteiger partial charge >= 0.3 is 5.97 Å². The summed E-state index contributed by atoms with van der Waals surface area (Å²) in [5.41, 5.74) is 2.57. The second-order valence-electron chi connectivity index (χ2n) is 2.73. The highest BCUT2D eigenvalue weighted by Crippen LogP contribution is 2.14. The number of hydrogen-bond donors (Lipinski definition) is 1. The summed E-state index contributed by atoms with van der Waals surface area (Å²) in [6.07, 6.45) is 0. The molecule has 17 heavy (non-hydrogen) atoms. The number of hydrogen-bond acceptors (Lipinski definition) is 6. The third kappa shape index (κ3) is 4.10. The largest absolute Gasteiger partial charge is 0.403 e. The van der Waals surface area contributed by atoms with Crippen LogP contribution in [0, 0.1) is 11.3 Å². The lowest BCUT2D eigenvalue weighted by Gasteiger charge is -2.01. The van der Waals surface area contributed by atoms with Gasteiger partial charge in [0.15, 0.2) is 0 Å². The molecule has 1 aromatic rings. The molecule has 0 amide bonds. The Hall–Kier alpha value is -2.10. The fraction of sp³-hybridized carbons (Fsp3) is 0.100. The van der Waals surface area contributed by atoms with Crippen molar-refractivity contribution >= 4 is 29.0 Å². The SMILES string of the molecule is COOC(=O)C(C#N)=NNc1cccc(Cl)c1. The molecule has 0 aliphatic carbocycles. The zero-order valence-corrected chi connectivity index (χ0v) is 9.56. The zero-order chi connectivity index (χ0) is 12.7. The molecular formula is C10H8ClN3O3. The smallest absolute Gasteiger partial charge is 0.290 e. The summed E-state index contributed by atoms with van der Waals surface area (Å²) in [4.78, 5) is 19.4. The molecule has 1 rings (SSSR count). The van der Waals surface area contributed by atoms with Gasteiger partial charge in [-0.15, -0.1) is 0 Å². The van der Waals surface area contributed by atoms with Crippen molar-refractivity contribution in [1.29, 1.82) is 5.26 Å². The van der Waals surface area contributed by atoms with E-state index in [4.69, 9.17) is 16.9 Å². The number of rotatable bonds is 4. The Balaban J connectivity index is 2.75. The van der Waals surface area contributed by atoms with Gasteiger partial charge < -0.3 is 0 Å². The topological polar surface area (TPSA) is 83.7 Å². The van der Waals surface area contributed by atoms with Gasteiger partial charge in [-0.25, -0.2) is 4.79 Å². The maximum atomic E-state index is 11.1. The van der Waals surface area contributed by atoms with E-state index in [1.54, 1.807) is 30.3 Å². The number of nitrogens with zero attached hydrogens (tertiary/aromatic N) is 2. The van der Waals surface area contributed by atoms with E-state index in [-0.39, 0.29) is 0 Å². The number of nitriles is 1. The number of halogens is 1. The standard InChI is InChI=1S/C10H8ClN3O3/c1-16-17-10(15)9(6-12)14-13-8-4-2-3-7(11)5-8/h2-5,13H,1H3. The Morgan fingerprint density at radius 1 is 1.59 bits per heavy atom. The summed E-state index contributed by atoms with van der Waals surface area (Å²) in [6, 6.07) is 8.20. The van der Waals surface area contributed by atoms with Crippen LogP contribution in [-0.4, -0.2) is 18.8 Å². The Bertz CT molecular complexity index is 482. The Morgan fingerprint density at radius 2 is 2.35 bits per heavy atom. The van der Waals surface area contributed by atoms with Gasteiger partial charge in [-0.05, 0) is 18.2 Å². The monoisotopic (exact) mass is 253 g/mol. The Kier molecular flexibility index (Phi) is 4.94. The molecule has 6 nitrogen and oxygen atoms in total. The highest BCUT2D eigenvalue weighted by atomic mass is 35.5. The van der Waals surface area contributed by atoms with Gasteiger partial charge in [0.1, 0.15) is 6.07 Å². The summed E-state index contributed by atoms with van der Waals surface area (Å²) in [6.45, 7) is 0. The molecule has 0 saturated carbocycles. The molecule has 0 bridgehead atoms. The van der Waals surface area contributed by atoms with E-state index in [9.17, 15) is 4.79 Å². The third-order valence-corrected chi connectivity index (χ3v) is 1.81. The van der Waals surface area contributed by atoms with E-state index in [1.165, 1.54) is 0 Å². The maximum Gasteiger partial charge on any atom is 0.403 e. The number of carbonyl (C=O) groups excluding carboxylic acids is 1. The number of anilines is 1. The lowest BCUT2D eigenvalue weighted by atomic mass is 10.3. The maximum absolute atomic E-state index is 11.1. The number of hydrazone groups is 1. The van der Waals surface area contributed by atoms with Crippen LogP contribution in [0.15, 0.2) is 29.4 Å². The molecule has 88 valence electrons. The highest BCUT2D eigenvalue weighted by Gasteiger charge is 2.13. The molecule has 7 heteroatoms. The van der Waals surface area contributed by atoms with Crippen molar-refractivity contribution in [1.82, 2.24) is 0 Å². The minimum atomic E-state index is -0.982. The molecule has 0 spiro atoms. The fourth-order valence-electron chi connectivity index (χ4n) is 0.910. The molecule has 0 aliphatic rings. The molecule has 0 fully saturated rings. The first-order valence-electron chi connectivity index (χ1n) is 4.41. The van der Waals surface area contributed by atoms with Crippen LogP contribution in [0.1, 0.15) is 0 Å². The first-order valence-corrected chi connectivity index (χ1v) is 4.79. The molecule has 0 atom stereocenters. The van der Waals surface area contributed by atoms with Crippen LogP contribution in [0.3, 0.4) is 0 Å². The van der Waals surface area contributed by atoms with Crippen LogP contribution in [-0.2, 0) is 14.6 Å². The van der Waals surface area contributed by atoms with Gasteiger partial charge in [-0.1, -0.05) is 17.7 Å². The van der Waals surface area contributed by atoms with Crippen molar-refractivity contribution in [2.45, 2.75) is 0 Å². The van der Waals surface area contributed by atoms with E-state index >= 15 is 0 Å². The highest BCUT2D eigenvalue weighted by molar-refractivity contribution is 6.43. The van der Waals surface area contributed by atoms with Gasteiger partial charge in [0.05, 0.1) is 12.8 Å². The van der Waals surface area contributed by atoms with Crippen LogP contribution >= 0.6 is 11.6 Å². The van der Waals surface area contributed by atoms with Crippen LogP contribution in [0.2, 0.25) is 5.02 Å². The zero-order valence-electron chi connectivity index (χ0n) is 8.81. The van der Waals surface area contributed by atoms with Crippen molar-refractivity contribution in [3.8, 4) is 6.07 Å². The lowest BCUT2D eigenvalue weighted by Crippen LogP contribution is -2.16. The van der Waals surface area contributed by atoms with Gasteiger partial charge in [-0.3, -0.25) is 10.3 Å². The molecular weight excluding hydrogens is 246 g/mol. The summed E-state index contributed by atoms with van der Waals surface area (Å²) < 4.78 is 0. The van der Waals surface area contributed by atoms with Crippen LogP contribution < -0.4 is 5.43 Å². The second kappa shape index (κ2) is 6.48. The van der Waals surface area contributed by atoms with Crippen LogP contribution in [0.4, 0.5) is 5.69 Å². The molecule has 0 heterocycles. The molecule has 0 saturated heterocycles. The van der Waals surface area contributed by atoms with E-state index in [0.717, 1.165) is 7.11 Å². The summed E-state index contributed by atoms with van der Waals surface area (Å²) in [5, 5.41) is 12.7. The molecule has 0 radical (unpaired) electrons. The molecule has 0 aliphatic heterocycles. The summed E-state index contributed by atoms with van der Waals surface area (Å²) in [7, 11) is 1.15. The Morgan fingerprint density at radius 3 is 2.94 bits per heavy atom. The van der Waals surface area contributed by atoms with Crippen molar-refractivity contribution in [2.75, 3.05) is 12.5 Å². The summed E-state index contributed by atoms with van der Waals surface area (Å²) in [5.74, 6) is -0.982. The normalized spacial score (nSPS) is 10.5. The quantitative estimate of drug-likeness (QED) is 0.502. The summed E-state index contributed by atoms with van der Waals surface area (Å²) >= 11 is 5.74. The minimum Gasteiger partial charge on any atom is -0.290 e. The minimum absolute atomic E-state index is 0.466. The molecule has 1 aromatic carbocycles. The Labute approximate surface area is 102 Å². The average Bonchev–Trinajstić information content (AvgIpc) is 2.30. The number of benzene rings is 1. The van der Waals surface area contributed by atoms with Crippen LogP contribution in [0.5, 0.6) is 0 Å². The van der Waals surface area contributed by atoms with E-state index in [2.05, 4.69) is 20.3 Å². The number of carbonyl (C=O) groups is 1. The first-order chi connectivity index (χ1) is 8.17. The van der Waals surface area contributed by atoms with Crippen molar-refractivity contribution in [3.63, 3.8) is 0 Å². The molecule has 1 N–H and O–H groups in total. The predicted molar refractivity (Wildman–Crippen MR) is 61.2 cm³/mol. The third-order valence-electron chi connectivity index (χ3n) is 1.58. The van der Waals surface area contributed by atoms with Crippen molar-refractivity contribution in [3.05, 3.63) is 29.3 Å². The van der Waals surface area contributed by atoms with E-state index < -0.39 is 11.7 Å².